The van der Waals surface area contributed by atoms with E-state index in [-0.39, 0.29) is 5.50 Å². The third-order valence-corrected chi connectivity index (χ3v) is 5.02. The molecule has 2 aliphatic rings. The first-order valence-corrected chi connectivity index (χ1v) is 8.77. The highest BCUT2D eigenvalue weighted by Crippen LogP contribution is 2.34. The lowest BCUT2D eigenvalue weighted by atomic mass is 9.96. The number of alkyl halides is 1. The van der Waals surface area contributed by atoms with E-state index in [0.717, 1.165) is 22.9 Å². The summed E-state index contributed by atoms with van der Waals surface area (Å²) in [5.41, 5.74) is 8.28. The Balaban J connectivity index is 1.76. The molecular formula is C18H24ClN3O2. The van der Waals surface area contributed by atoms with Crippen LogP contribution in [0.25, 0.3) is 0 Å². The maximum absolute atomic E-state index is 6.40. The van der Waals surface area contributed by atoms with Crippen LogP contribution >= 0.6 is 11.6 Å². The fraction of sp³-hybridized carbons (Fsp3) is 0.500. The van der Waals surface area contributed by atoms with E-state index >= 15 is 0 Å². The number of halogens is 1. The second-order valence-electron chi connectivity index (χ2n) is 6.14. The zero-order chi connectivity index (χ0) is 16.9. The minimum Gasteiger partial charge on any atom is -0.497 e. The fourth-order valence-electron chi connectivity index (χ4n) is 3.31. The van der Waals surface area contributed by atoms with Gasteiger partial charge in [0.2, 0.25) is 0 Å². The molecule has 1 fully saturated rings. The zero-order valence-corrected chi connectivity index (χ0v) is 14.9. The van der Waals surface area contributed by atoms with Crippen LogP contribution in [0.1, 0.15) is 31.2 Å². The number of ether oxygens (including phenoxy) is 2. The zero-order valence-electron chi connectivity index (χ0n) is 14.1. The molecule has 1 aromatic rings. The van der Waals surface area contributed by atoms with Gasteiger partial charge in [-0.2, -0.15) is 0 Å². The summed E-state index contributed by atoms with van der Waals surface area (Å²) in [5.74, 6) is 2.93. The van der Waals surface area contributed by atoms with E-state index in [2.05, 4.69) is 21.9 Å². The number of methoxy groups -OCH3 is 2. The van der Waals surface area contributed by atoms with Gasteiger partial charge in [-0.25, -0.2) is 5.43 Å². The van der Waals surface area contributed by atoms with Crippen molar-refractivity contribution in [3.63, 3.8) is 0 Å². The summed E-state index contributed by atoms with van der Waals surface area (Å²) in [4.78, 5) is 4.66. The minimum absolute atomic E-state index is 0.164. The Labute approximate surface area is 148 Å². The van der Waals surface area contributed by atoms with Crippen LogP contribution in [-0.2, 0) is 6.54 Å². The Bertz CT molecular complexity index is 639. The summed E-state index contributed by atoms with van der Waals surface area (Å²) >= 11 is 6.40. The molecule has 1 saturated carbocycles. The van der Waals surface area contributed by atoms with Gasteiger partial charge in [0.05, 0.1) is 20.8 Å². The van der Waals surface area contributed by atoms with Crippen LogP contribution in [0.2, 0.25) is 0 Å². The molecule has 1 aliphatic carbocycles. The number of benzene rings is 1. The molecule has 0 saturated heterocycles. The Hall–Kier alpha value is -1.72. The van der Waals surface area contributed by atoms with Crippen LogP contribution in [-0.4, -0.2) is 25.6 Å². The van der Waals surface area contributed by atoms with Gasteiger partial charge >= 0.3 is 0 Å². The first-order valence-electron chi connectivity index (χ1n) is 8.33. The molecule has 1 aromatic carbocycles. The van der Waals surface area contributed by atoms with Gasteiger partial charge in [-0.05, 0) is 42.5 Å². The fourth-order valence-corrected chi connectivity index (χ4v) is 3.61. The SMILES string of the molecule is COc1ccc(CN=C2C=C(C3CCCC3)C(Cl)NN2)c(OC)c1. The summed E-state index contributed by atoms with van der Waals surface area (Å²) in [7, 11) is 3.30. The average molecular weight is 350 g/mol. The quantitative estimate of drug-likeness (QED) is 0.632. The summed E-state index contributed by atoms with van der Waals surface area (Å²) < 4.78 is 10.7. The minimum atomic E-state index is -0.164. The first kappa shape index (κ1) is 17.1. The smallest absolute Gasteiger partial charge is 0.135 e. The van der Waals surface area contributed by atoms with Gasteiger partial charge < -0.3 is 14.9 Å². The number of hydrazine groups is 1. The van der Waals surface area contributed by atoms with Crippen molar-refractivity contribution in [2.45, 2.75) is 37.7 Å². The molecule has 0 radical (unpaired) electrons. The van der Waals surface area contributed by atoms with Crippen molar-refractivity contribution in [2.75, 3.05) is 14.2 Å². The van der Waals surface area contributed by atoms with Crippen molar-refractivity contribution in [3.05, 3.63) is 35.4 Å². The number of hydrogen-bond acceptors (Lipinski definition) is 4. The molecule has 1 heterocycles. The maximum Gasteiger partial charge on any atom is 0.135 e. The van der Waals surface area contributed by atoms with Crippen LogP contribution in [0.3, 0.4) is 0 Å². The first-order chi connectivity index (χ1) is 11.7. The van der Waals surface area contributed by atoms with Gasteiger partial charge in [-0.15, -0.1) is 0 Å². The molecule has 130 valence electrons. The Kier molecular flexibility index (Phi) is 5.63. The summed E-state index contributed by atoms with van der Waals surface area (Å²) in [6, 6.07) is 5.76. The second-order valence-corrected chi connectivity index (χ2v) is 6.57. The number of nitrogens with one attached hydrogen (secondary N) is 2. The molecule has 0 bridgehead atoms. The van der Waals surface area contributed by atoms with Gasteiger partial charge in [0, 0.05) is 11.6 Å². The van der Waals surface area contributed by atoms with Gasteiger partial charge in [0.15, 0.2) is 0 Å². The van der Waals surface area contributed by atoms with Crippen molar-refractivity contribution < 1.29 is 9.47 Å². The maximum atomic E-state index is 6.40. The van der Waals surface area contributed by atoms with E-state index in [1.54, 1.807) is 14.2 Å². The highest BCUT2D eigenvalue weighted by atomic mass is 35.5. The van der Waals surface area contributed by atoms with Crippen LogP contribution in [0.5, 0.6) is 11.5 Å². The summed E-state index contributed by atoms with van der Waals surface area (Å²) in [6.07, 6.45) is 7.11. The van der Waals surface area contributed by atoms with Crippen molar-refractivity contribution >= 4 is 17.4 Å². The van der Waals surface area contributed by atoms with Gasteiger partial charge in [-0.3, -0.25) is 4.99 Å². The average Bonchev–Trinajstić information content (AvgIpc) is 3.15. The normalized spacial score (nSPS) is 23.0. The molecule has 0 amide bonds. The van der Waals surface area contributed by atoms with E-state index in [1.165, 1.54) is 31.3 Å². The predicted octanol–water partition coefficient (Wildman–Crippen LogP) is 3.39. The van der Waals surface area contributed by atoms with Crippen molar-refractivity contribution in [1.82, 2.24) is 10.9 Å². The molecule has 2 N–H and O–H groups in total. The van der Waals surface area contributed by atoms with Crippen LogP contribution in [0.4, 0.5) is 0 Å². The largest absolute Gasteiger partial charge is 0.497 e. The summed E-state index contributed by atoms with van der Waals surface area (Å²) in [5, 5.41) is 0. The second kappa shape index (κ2) is 7.90. The number of aliphatic imine (C=N–C) groups is 1. The monoisotopic (exact) mass is 349 g/mol. The van der Waals surface area contributed by atoms with Gasteiger partial charge in [0.25, 0.3) is 0 Å². The topological polar surface area (TPSA) is 54.9 Å². The molecular weight excluding hydrogens is 326 g/mol. The highest BCUT2D eigenvalue weighted by molar-refractivity contribution is 6.23. The van der Waals surface area contributed by atoms with Crippen molar-refractivity contribution in [1.29, 1.82) is 0 Å². The molecule has 6 heteroatoms. The van der Waals surface area contributed by atoms with Crippen molar-refractivity contribution in [2.24, 2.45) is 10.9 Å². The Morgan fingerprint density at radius 1 is 1.21 bits per heavy atom. The predicted molar refractivity (Wildman–Crippen MR) is 96.6 cm³/mol. The number of nitrogens with zero attached hydrogens (tertiary/aromatic N) is 1. The molecule has 1 atom stereocenters. The van der Waals surface area contributed by atoms with E-state index in [4.69, 9.17) is 21.1 Å². The standard InChI is InChI=1S/C18H24ClN3O2/c1-23-14-8-7-13(16(9-14)24-2)11-20-17-10-15(18(19)22-21-17)12-5-3-4-6-12/h7-10,12,18,22H,3-6,11H2,1-2H3,(H,20,21). The van der Waals surface area contributed by atoms with Gasteiger partial charge in [-0.1, -0.05) is 24.4 Å². The van der Waals surface area contributed by atoms with E-state index in [9.17, 15) is 0 Å². The Morgan fingerprint density at radius 2 is 2.00 bits per heavy atom. The lowest BCUT2D eigenvalue weighted by Crippen LogP contribution is -2.47. The van der Waals surface area contributed by atoms with Crippen LogP contribution in [0.15, 0.2) is 34.8 Å². The van der Waals surface area contributed by atoms with Crippen LogP contribution in [0, 0.1) is 5.92 Å². The van der Waals surface area contributed by atoms with E-state index < -0.39 is 0 Å². The molecule has 24 heavy (non-hydrogen) atoms. The lowest BCUT2D eigenvalue weighted by Gasteiger charge is -2.26. The van der Waals surface area contributed by atoms with E-state index in [0.29, 0.717) is 12.5 Å². The number of rotatable bonds is 5. The highest BCUT2D eigenvalue weighted by Gasteiger charge is 2.27. The van der Waals surface area contributed by atoms with E-state index in [1.807, 2.05) is 18.2 Å². The molecule has 0 spiro atoms. The lowest BCUT2D eigenvalue weighted by molar-refractivity contribution is 0.391. The molecule has 1 unspecified atom stereocenters. The molecule has 3 rings (SSSR count). The number of hydrogen-bond donors (Lipinski definition) is 2. The van der Waals surface area contributed by atoms with Gasteiger partial charge in [0.1, 0.15) is 22.8 Å². The number of amidine groups is 1. The van der Waals surface area contributed by atoms with Crippen LogP contribution < -0.4 is 20.3 Å². The van der Waals surface area contributed by atoms with Crippen molar-refractivity contribution in [3.8, 4) is 11.5 Å². The third-order valence-electron chi connectivity index (χ3n) is 4.66. The third kappa shape index (κ3) is 3.84. The molecule has 5 nitrogen and oxygen atoms in total. The summed E-state index contributed by atoms with van der Waals surface area (Å²) in [6.45, 7) is 0.526. The molecule has 1 aliphatic heterocycles. The molecule has 0 aromatic heterocycles. The Morgan fingerprint density at radius 3 is 2.71 bits per heavy atom.